The van der Waals surface area contributed by atoms with Gasteiger partial charge in [-0.3, -0.25) is 10.1 Å². The zero-order valence-corrected chi connectivity index (χ0v) is 13.7. The molecule has 24 heavy (non-hydrogen) atoms. The summed E-state index contributed by atoms with van der Waals surface area (Å²) in [6.07, 6.45) is 6.61. The SMILES string of the molecule is O=[N+]([O-])c1cccc(C=CC=Cc2ccc(S(=O)(=O)F)c(Cl)c2)c1. The highest BCUT2D eigenvalue weighted by molar-refractivity contribution is 7.86. The number of non-ortho nitro benzene ring substituents is 1. The average molecular weight is 368 g/mol. The fraction of sp³-hybridized carbons (Fsp3) is 0. The molecule has 2 aromatic carbocycles. The number of nitro groups is 1. The topological polar surface area (TPSA) is 77.3 Å². The van der Waals surface area contributed by atoms with Crippen LogP contribution >= 0.6 is 11.6 Å². The number of halogens is 2. The van der Waals surface area contributed by atoms with E-state index in [0.29, 0.717) is 11.1 Å². The predicted molar refractivity (Wildman–Crippen MR) is 90.9 cm³/mol. The fourth-order valence-corrected chi connectivity index (χ4v) is 2.88. The van der Waals surface area contributed by atoms with E-state index in [4.69, 9.17) is 11.6 Å². The Balaban J connectivity index is 2.13. The van der Waals surface area contributed by atoms with E-state index >= 15 is 0 Å². The van der Waals surface area contributed by atoms with E-state index in [0.717, 1.165) is 6.07 Å². The van der Waals surface area contributed by atoms with Crippen molar-refractivity contribution in [1.29, 1.82) is 0 Å². The van der Waals surface area contributed by atoms with Crippen LogP contribution in [0.2, 0.25) is 5.02 Å². The van der Waals surface area contributed by atoms with Crippen LogP contribution in [0.3, 0.4) is 0 Å². The summed E-state index contributed by atoms with van der Waals surface area (Å²) < 4.78 is 34.6. The van der Waals surface area contributed by atoms with Gasteiger partial charge in [-0.1, -0.05) is 54.1 Å². The van der Waals surface area contributed by atoms with Crippen LogP contribution in [0.15, 0.2) is 59.5 Å². The molecule has 0 heterocycles. The van der Waals surface area contributed by atoms with E-state index in [1.54, 1.807) is 36.4 Å². The van der Waals surface area contributed by atoms with Crippen LogP contribution in [0.5, 0.6) is 0 Å². The van der Waals surface area contributed by atoms with Gasteiger partial charge in [0.1, 0.15) is 4.90 Å². The normalized spacial score (nSPS) is 12.1. The third-order valence-corrected chi connectivity index (χ3v) is 4.29. The largest absolute Gasteiger partial charge is 0.333 e. The first kappa shape index (κ1) is 17.8. The van der Waals surface area contributed by atoms with Gasteiger partial charge in [-0.05, 0) is 23.3 Å². The maximum Gasteiger partial charge on any atom is 0.333 e. The number of rotatable bonds is 5. The van der Waals surface area contributed by atoms with Crippen LogP contribution < -0.4 is 0 Å². The Hall–Kier alpha value is -2.51. The second-order valence-corrected chi connectivity index (χ2v) is 6.42. The molecule has 0 fully saturated rings. The molecule has 5 nitrogen and oxygen atoms in total. The number of hydrogen-bond acceptors (Lipinski definition) is 4. The Bertz CT molecular complexity index is 939. The number of nitro benzene ring substituents is 1. The van der Waals surface area contributed by atoms with Crippen molar-refractivity contribution in [3.05, 3.63) is 80.9 Å². The van der Waals surface area contributed by atoms with Crippen molar-refractivity contribution in [3.63, 3.8) is 0 Å². The van der Waals surface area contributed by atoms with Gasteiger partial charge >= 0.3 is 10.2 Å². The molecule has 0 radical (unpaired) electrons. The van der Waals surface area contributed by atoms with Crippen molar-refractivity contribution in [1.82, 2.24) is 0 Å². The van der Waals surface area contributed by atoms with E-state index in [9.17, 15) is 22.4 Å². The van der Waals surface area contributed by atoms with E-state index in [1.807, 2.05) is 0 Å². The molecule has 0 aliphatic carbocycles. The van der Waals surface area contributed by atoms with Crippen molar-refractivity contribution in [2.24, 2.45) is 0 Å². The lowest BCUT2D eigenvalue weighted by Gasteiger charge is -2.00. The van der Waals surface area contributed by atoms with Crippen LogP contribution in [-0.2, 0) is 10.2 Å². The zero-order valence-electron chi connectivity index (χ0n) is 12.1. The van der Waals surface area contributed by atoms with E-state index in [-0.39, 0.29) is 10.7 Å². The van der Waals surface area contributed by atoms with Crippen molar-refractivity contribution in [2.75, 3.05) is 0 Å². The van der Waals surface area contributed by atoms with Gasteiger partial charge in [-0.15, -0.1) is 3.89 Å². The minimum atomic E-state index is -4.85. The molecule has 2 rings (SSSR count). The third kappa shape index (κ3) is 4.74. The Kier molecular flexibility index (Phi) is 5.48. The van der Waals surface area contributed by atoms with E-state index < -0.39 is 20.0 Å². The molecule has 0 unspecified atom stereocenters. The molecule has 0 aliphatic heterocycles. The Labute approximate surface area is 143 Å². The molecule has 2 aromatic rings. The maximum absolute atomic E-state index is 12.9. The summed E-state index contributed by atoms with van der Waals surface area (Å²) in [5, 5.41) is 10.5. The lowest BCUT2D eigenvalue weighted by atomic mass is 10.1. The summed E-state index contributed by atoms with van der Waals surface area (Å²) in [5.41, 5.74) is 1.23. The van der Waals surface area contributed by atoms with Crippen LogP contribution in [0.1, 0.15) is 11.1 Å². The molecule has 0 N–H and O–H groups in total. The molecule has 0 bridgehead atoms. The minimum Gasteiger partial charge on any atom is -0.258 e. The number of allylic oxidation sites excluding steroid dienone is 2. The van der Waals surface area contributed by atoms with Crippen LogP contribution in [0, 0.1) is 10.1 Å². The molecule has 8 heteroatoms. The van der Waals surface area contributed by atoms with Gasteiger partial charge in [0.25, 0.3) is 5.69 Å². The predicted octanol–water partition coefficient (Wildman–Crippen LogP) is 4.63. The molecule has 0 spiro atoms. The van der Waals surface area contributed by atoms with Crippen LogP contribution in [-0.4, -0.2) is 13.3 Å². The molecular formula is C16H11ClFNO4S. The first-order valence-electron chi connectivity index (χ1n) is 6.61. The van der Waals surface area contributed by atoms with Crippen molar-refractivity contribution < 1.29 is 17.2 Å². The molecule has 0 amide bonds. The maximum atomic E-state index is 12.9. The molecule has 0 saturated heterocycles. The standard InChI is InChI=1S/C16H11ClFNO4S/c17-15-11-13(8-9-16(15)24(18,22)23)5-2-1-4-12-6-3-7-14(10-12)19(20)21/h1-11H. The lowest BCUT2D eigenvalue weighted by molar-refractivity contribution is -0.384. The van der Waals surface area contributed by atoms with Gasteiger partial charge < -0.3 is 0 Å². The molecule has 0 atom stereocenters. The van der Waals surface area contributed by atoms with Gasteiger partial charge in [0.2, 0.25) is 0 Å². The van der Waals surface area contributed by atoms with Crippen molar-refractivity contribution in [3.8, 4) is 0 Å². The molecule has 0 saturated carbocycles. The fourth-order valence-electron chi connectivity index (χ4n) is 1.89. The summed E-state index contributed by atoms with van der Waals surface area (Å²) in [6.45, 7) is 0. The van der Waals surface area contributed by atoms with Gasteiger partial charge in [0.05, 0.1) is 9.95 Å². The van der Waals surface area contributed by atoms with Crippen LogP contribution in [0.25, 0.3) is 12.2 Å². The summed E-state index contributed by atoms with van der Waals surface area (Å²) in [4.78, 5) is 9.63. The number of hydrogen-bond donors (Lipinski definition) is 0. The van der Waals surface area contributed by atoms with Crippen molar-refractivity contribution in [2.45, 2.75) is 4.90 Å². The summed E-state index contributed by atoms with van der Waals surface area (Å²) in [7, 11) is -4.85. The summed E-state index contributed by atoms with van der Waals surface area (Å²) >= 11 is 5.73. The Morgan fingerprint density at radius 1 is 1.04 bits per heavy atom. The second-order valence-electron chi connectivity index (χ2n) is 4.70. The highest BCUT2D eigenvalue weighted by Gasteiger charge is 2.15. The van der Waals surface area contributed by atoms with Gasteiger partial charge in [-0.2, -0.15) is 8.42 Å². The quantitative estimate of drug-likeness (QED) is 0.334. The third-order valence-electron chi connectivity index (χ3n) is 2.99. The first-order valence-corrected chi connectivity index (χ1v) is 8.37. The van der Waals surface area contributed by atoms with Gasteiger partial charge in [0.15, 0.2) is 0 Å². The average Bonchev–Trinajstić information content (AvgIpc) is 2.50. The summed E-state index contributed by atoms with van der Waals surface area (Å²) in [5.74, 6) is 0. The van der Waals surface area contributed by atoms with Gasteiger partial charge in [-0.25, -0.2) is 0 Å². The Morgan fingerprint density at radius 3 is 2.21 bits per heavy atom. The number of benzene rings is 2. The zero-order chi connectivity index (χ0) is 17.7. The van der Waals surface area contributed by atoms with Gasteiger partial charge in [0, 0.05) is 12.1 Å². The minimum absolute atomic E-state index is 0.00377. The molecule has 0 aromatic heterocycles. The second kappa shape index (κ2) is 7.37. The first-order chi connectivity index (χ1) is 11.3. The highest BCUT2D eigenvalue weighted by Crippen LogP contribution is 2.24. The number of nitrogens with zero attached hydrogens (tertiary/aromatic N) is 1. The van der Waals surface area contributed by atoms with E-state index in [1.165, 1.54) is 24.3 Å². The molecule has 0 aliphatic rings. The van der Waals surface area contributed by atoms with Crippen LogP contribution in [0.4, 0.5) is 9.57 Å². The van der Waals surface area contributed by atoms with E-state index in [2.05, 4.69) is 0 Å². The lowest BCUT2D eigenvalue weighted by Crippen LogP contribution is -1.93. The molecule has 124 valence electrons. The Morgan fingerprint density at radius 2 is 1.67 bits per heavy atom. The highest BCUT2D eigenvalue weighted by atomic mass is 35.5. The summed E-state index contributed by atoms with van der Waals surface area (Å²) in [6, 6.07) is 9.95. The monoisotopic (exact) mass is 367 g/mol. The smallest absolute Gasteiger partial charge is 0.258 e. The molecular weight excluding hydrogens is 357 g/mol. The van der Waals surface area contributed by atoms with Crippen molar-refractivity contribution >= 4 is 39.7 Å².